The number of pyridine rings is 2. The molecule has 0 spiro atoms. The van der Waals surface area contributed by atoms with E-state index in [9.17, 15) is 10.1 Å². The third kappa shape index (κ3) is 3.59. The smallest absolute Gasteiger partial charge is 0.278 e. The molecule has 4 rings (SSSR count). The zero-order valence-corrected chi connectivity index (χ0v) is 14.5. The number of rotatable bonds is 1. The molecule has 2 aromatic heterocycles. The largest absolute Gasteiger partial charge is 0.398 e. The zero-order valence-electron chi connectivity index (χ0n) is 14.5. The van der Waals surface area contributed by atoms with Gasteiger partial charge in [-0.15, -0.1) is 0 Å². The van der Waals surface area contributed by atoms with E-state index in [-0.39, 0.29) is 10.6 Å². The summed E-state index contributed by atoms with van der Waals surface area (Å²) in [5.74, 6) is 0. The molecule has 0 aliphatic carbocycles. The number of nitrogen functional groups attached to an aromatic ring is 1. The summed E-state index contributed by atoms with van der Waals surface area (Å²) in [6, 6.07) is 18.2. The van der Waals surface area contributed by atoms with E-state index in [0.29, 0.717) is 10.9 Å². The third-order valence-electron chi connectivity index (χ3n) is 3.95. The van der Waals surface area contributed by atoms with Crippen molar-refractivity contribution in [2.45, 2.75) is 13.8 Å². The first-order valence-corrected chi connectivity index (χ1v) is 8.08. The van der Waals surface area contributed by atoms with Crippen LogP contribution in [0, 0.1) is 24.0 Å². The molecule has 0 saturated carbocycles. The Morgan fingerprint density at radius 3 is 1.96 bits per heavy atom. The van der Waals surface area contributed by atoms with E-state index in [2.05, 4.69) is 9.97 Å². The molecule has 0 bridgehead atoms. The number of aromatic nitrogens is 2. The molecule has 0 aliphatic rings. The molecule has 26 heavy (non-hydrogen) atoms. The summed E-state index contributed by atoms with van der Waals surface area (Å²) in [6.07, 6.45) is 0. The van der Waals surface area contributed by atoms with E-state index in [0.717, 1.165) is 28.0 Å². The molecule has 0 aliphatic heterocycles. The SMILES string of the molecule is Cc1ccc2c(N)cccc2n1.Cc1ccc2c([N+](=O)[O-])cccc2n1. The Morgan fingerprint density at radius 1 is 0.808 bits per heavy atom. The van der Waals surface area contributed by atoms with Crippen molar-refractivity contribution in [3.8, 4) is 0 Å². The lowest BCUT2D eigenvalue weighted by Crippen LogP contribution is -1.91. The van der Waals surface area contributed by atoms with Crippen LogP contribution in [0.25, 0.3) is 21.8 Å². The number of anilines is 1. The van der Waals surface area contributed by atoms with Gasteiger partial charge < -0.3 is 5.73 Å². The highest BCUT2D eigenvalue weighted by molar-refractivity contribution is 5.90. The van der Waals surface area contributed by atoms with Crippen LogP contribution in [-0.4, -0.2) is 14.9 Å². The molecular weight excluding hydrogens is 328 g/mol. The summed E-state index contributed by atoms with van der Waals surface area (Å²) in [7, 11) is 0. The fourth-order valence-electron chi connectivity index (χ4n) is 2.68. The van der Waals surface area contributed by atoms with Crippen LogP contribution >= 0.6 is 0 Å². The summed E-state index contributed by atoms with van der Waals surface area (Å²) in [5, 5.41) is 12.3. The summed E-state index contributed by atoms with van der Waals surface area (Å²) in [6.45, 7) is 3.83. The molecule has 2 aromatic carbocycles. The van der Waals surface area contributed by atoms with E-state index in [4.69, 9.17) is 5.73 Å². The molecular formula is C20H18N4O2. The first-order chi connectivity index (χ1) is 12.5. The highest BCUT2D eigenvalue weighted by Gasteiger charge is 2.10. The van der Waals surface area contributed by atoms with Crippen molar-refractivity contribution < 1.29 is 4.92 Å². The van der Waals surface area contributed by atoms with Gasteiger partial charge in [0.15, 0.2) is 0 Å². The number of nitro groups is 1. The Balaban J connectivity index is 0.000000152. The van der Waals surface area contributed by atoms with Gasteiger partial charge >= 0.3 is 0 Å². The van der Waals surface area contributed by atoms with Gasteiger partial charge in [-0.2, -0.15) is 0 Å². The Bertz CT molecular complexity index is 1110. The Hall–Kier alpha value is -3.54. The average molecular weight is 346 g/mol. The van der Waals surface area contributed by atoms with Crippen molar-refractivity contribution in [1.82, 2.24) is 9.97 Å². The summed E-state index contributed by atoms with van der Waals surface area (Å²) >= 11 is 0. The van der Waals surface area contributed by atoms with Gasteiger partial charge in [0, 0.05) is 28.5 Å². The van der Waals surface area contributed by atoms with Gasteiger partial charge in [-0.1, -0.05) is 12.1 Å². The van der Waals surface area contributed by atoms with Gasteiger partial charge in [-0.3, -0.25) is 20.1 Å². The van der Waals surface area contributed by atoms with Crippen LogP contribution in [0.4, 0.5) is 11.4 Å². The number of benzene rings is 2. The first kappa shape index (κ1) is 17.3. The predicted octanol–water partition coefficient (Wildman–Crippen LogP) is 4.58. The minimum absolute atomic E-state index is 0.106. The second kappa shape index (κ2) is 7.14. The highest BCUT2D eigenvalue weighted by atomic mass is 16.6. The molecule has 0 radical (unpaired) electrons. The van der Waals surface area contributed by atoms with Crippen LogP contribution in [0.5, 0.6) is 0 Å². The standard InChI is InChI=1S/C10H8N2O2.C10H10N2/c1-7-5-6-8-9(11-7)3-2-4-10(8)12(13)14;1-7-5-6-8-9(11)3-2-4-10(8)12-7/h2-6H,1H3;2-6H,11H2,1H3. The van der Waals surface area contributed by atoms with Gasteiger partial charge in [-0.25, -0.2) is 0 Å². The van der Waals surface area contributed by atoms with Gasteiger partial charge in [-0.05, 0) is 56.3 Å². The molecule has 130 valence electrons. The minimum Gasteiger partial charge on any atom is -0.398 e. The number of non-ortho nitro benzene ring substituents is 1. The molecule has 0 fully saturated rings. The lowest BCUT2D eigenvalue weighted by Gasteiger charge is -2.00. The van der Waals surface area contributed by atoms with E-state index in [1.807, 2.05) is 44.2 Å². The fraction of sp³-hybridized carbons (Fsp3) is 0.100. The molecule has 2 N–H and O–H groups in total. The number of nitrogens with zero attached hydrogens (tertiary/aromatic N) is 3. The fourth-order valence-corrected chi connectivity index (χ4v) is 2.68. The monoisotopic (exact) mass is 346 g/mol. The number of nitro benzene ring substituents is 1. The second-order valence-electron chi connectivity index (χ2n) is 5.92. The summed E-state index contributed by atoms with van der Waals surface area (Å²) in [4.78, 5) is 18.9. The lowest BCUT2D eigenvalue weighted by atomic mass is 10.2. The van der Waals surface area contributed by atoms with Crippen molar-refractivity contribution in [2.24, 2.45) is 0 Å². The van der Waals surface area contributed by atoms with Crippen LogP contribution in [0.15, 0.2) is 60.7 Å². The third-order valence-corrected chi connectivity index (χ3v) is 3.95. The number of nitrogens with two attached hydrogens (primary N) is 1. The van der Waals surface area contributed by atoms with Crippen LogP contribution in [0.3, 0.4) is 0 Å². The van der Waals surface area contributed by atoms with Crippen molar-refractivity contribution in [3.63, 3.8) is 0 Å². The van der Waals surface area contributed by atoms with Gasteiger partial charge in [0.05, 0.1) is 21.3 Å². The molecule has 6 heteroatoms. The number of hydrogen-bond donors (Lipinski definition) is 1. The predicted molar refractivity (Wildman–Crippen MR) is 104 cm³/mol. The van der Waals surface area contributed by atoms with Gasteiger partial charge in [0.2, 0.25) is 0 Å². The first-order valence-electron chi connectivity index (χ1n) is 8.08. The number of fused-ring (bicyclic) bond motifs is 2. The average Bonchev–Trinajstić information content (AvgIpc) is 2.61. The molecule has 0 atom stereocenters. The molecule has 4 aromatic rings. The van der Waals surface area contributed by atoms with Gasteiger partial charge in [0.25, 0.3) is 5.69 Å². The summed E-state index contributed by atoms with van der Waals surface area (Å²) in [5.41, 5.74) is 10.2. The van der Waals surface area contributed by atoms with E-state index in [1.54, 1.807) is 24.3 Å². The van der Waals surface area contributed by atoms with Crippen LogP contribution in [-0.2, 0) is 0 Å². The lowest BCUT2D eigenvalue weighted by molar-refractivity contribution is -0.383. The van der Waals surface area contributed by atoms with E-state index >= 15 is 0 Å². The Labute approximate surface area is 150 Å². The Morgan fingerprint density at radius 2 is 1.35 bits per heavy atom. The molecule has 0 saturated heterocycles. The highest BCUT2D eigenvalue weighted by Crippen LogP contribution is 2.23. The van der Waals surface area contributed by atoms with E-state index < -0.39 is 0 Å². The van der Waals surface area contributed by atoms with Crippen molar-refractivity contribution in [3.05, 3.63) is 82.2 Å². The summed E-state index contributed by atoms with van der Waals surface area (Å²) < 4.78 is 0. The van der Waals surface area contributed by atoms with Crippen molar-refractivity contribution >= 4 is 33.2 Å². The Kier molecular flexibility index (Phi) is 4.75. The maximum Gasteiger partial charge on any atom is 0.278 e. The number of aryl methyl sites for hydroxylation is 2. The second-order valence-corrected chi connectivity index (χ2v) is 5.92. The molecule has 0 unspecified atom stereocenters. The number of hydrogen-bond acceptors (Lipinski definition) is 5. The van der Waals surface area contributed by atoms with Crippen molar-refractivity contribution in [2.75, 3.05) is 5.73 Å². The molecule has 0 amide bonds. The minimum atomic E-state index is -0.390. The van der Waals surface area contributed by atoms with Crippen LogP contribution in [0.1, 0.15) is 11.4 Å². The van der Waals surface area contributed by atoms with E-state index in [1.165, 1.54) is 6.07 Å². The maximum absolute atomic E-state index is 10.7. The maximum atomic E-state index is 10.7. The van der Waals surface area contributed by atoms with Crippen molar-refractivity contribution in [1.29, 1.82) is 0 Å². The van der Waals surface area contributed by atoms with Crippen LogP contribution in [0.2, 0.25) is 0 Å². The molecule has 2 heterocycles. The normalized spacial score (nSPS) is 10.4. The topological polar surface area (TPSA) is 94.9 Å². The molecule has 6 nitrogen and oxygen atoms in total. The van der Waals surface area contributed by atoms with Crippen LogP contribution < -0.4 is 5.73 Å². The van der Waals surface area contributed by atoms with Gasteiger partial charge in [0.1, 0.15) is 0 Å². The zero-order chi connectivity index (χ0) is 18.7. The quantitative estimate of drug-likeness (QED) is 0.309.